The summed E-state index contributed by atoms with van der Waals surface area (Å²) >= 11 is 0. The van der Waals surface area contributed by atoms with Gasteiger partial charge in [0.15, 0.2) is 12.2 Å². The Bertz CT molecular complexity index is 1860. The molecule has 0 aromatic rings. The second kappa shape index (κ2) is 68.8. The van der Waals surface area contributed by atoms with Crippen LogP contribution in [0.1, 0.15) is 401 Å². The van der Waals surface area contributed by atoms with E-state index < -0.39 is 97.5 Å². The van der Waals surface area contributed by atoms with Crippen LogP contribution in [0.3, 0.4) is 0 Å². The molecule has 0 amide bonds. The third kappa shape index (κ3) is 67.9. The number of hydrogen-bond donors (Lipinski definition) is 3. The van der Waals surface area contributed by atoms with Gasteiger partial charge in [0.25, 0.3) is 0 Å². The Balaban J connectivity index is 5.17. The summed E-state index contributed by atoms with van der Waals surface area (Å²) < 4.78 is 68.5. The number of aliphatic hydroxyl groups excluding tert-OH is 1. The number of hydrogen-bond acceptors (Lipinski definition) is 15. The van der Waals surface area contributed by atoms with E-state index in [-0.39, 0.29) is 25.7 Å². The average Bonchev–Trinajstić information content (AvgIpc) is 1.16. The van der Waals surface area contributed by atoms with E-state index in [9.17, 15) is 43.2 Å². The van der Waals surface area contributed by atoms with Crippen LogP contribution in [0.25, 0.3) is 0 Å². The number of unbranched alkanes of at least 4 members (excludes halogenated alkanes) is 44. The molecule has 0 fully saturated rings. The third-order valence-corrected chi connectivity index (χ3v) is 20.6. The fourth-order valence-corrected chi connectivity index (χ4v) is 13.3. The average molecular weight is 1410 g/mol. The van der Waals surface area contributed by atoms with Crippen molar-refractivity contribution in [2.24, 2.45) is 11.8 Å². The minimum Gasteiger partial charge on any atom is -0.462 e. The lowest BCUT2D eigenvalue weighted by atomic mass is 9.99. The second-order valence-corrected chi connectivity index (χ2v) is 31.1. The first-order valence-corrected chi connectivity index (χ1v) is 43.1. The maximum atomic E-state index is 13.1. The van der Waals surface area contributed by atoms with E-state index in [0.717, 1.165) is 108 Å². The van der Waals surface area contributed by atoms with E-state index >= 15 is 0 Å². The van der Waals surface area contributed by atoms with Crippen LogP contribution in [0.15, 0.2) is 0 Å². The molecule has 0 aromatic heterocycles. The zero-order chi connectivity index (χ0) is 70.7. The summed E-state index contributed by atoms with van der Waals surface area (Å²) in [6, 6.07) is 0. The van der Waals surface area contributed by atoms with Gasteiger partial charge in [-0.15, -0.1) is 0 Å². The van der Waals surface area contributed by atoms with Crippen molar-refractivity contribution < 1.29 is 80.2 Å². The molecular formula is C77H150O17P2. The first kappa shape index (κ1) is 94.1. The molecule has 7 atom stereocenters. The molecule has 0 radical (unpaired) electrons. The summed E-state index contributed by atoms with van der Waals surface area (Å²) in [6.07, 6.45) is 57.0. The van der Waals surface area contributed by atoms with Gasteiger partial charge in [-0.05, 0) is 37.5 Å². The molecule has 0 aliphatic carbocycles. The highest BCUT2D eigenvalue weighted by Crippen LogP contribution is 2.45. The summed E-state index contributed by atoms with van der Waals surface area (Å²) in [5, 5.41) is 10.6. The molecule has 3 N–H and O–H groups in total. The summed E-state index contributed by atoms with van der Waals surface area (Å²) in [4.78, 5) is 72.7. The van der Waals surface area contributed by atoms with Crippen molar-refractivity contribution in [3.05, 3.63) is 0 Å². The molecule has 0 saturated carbocycles. The van der Waals surface area contributed by atoms with E-state index in [1.807, 2.05) is 0 Å². The lowest BCUT2D eigenvalue weighted by molar-refractivity contribution is -0.161. The van der Waals surface area contributed by atoms with Gasteiger partial charge in [0, 0.05) is 25.7 Å². The zero-order valence-corrected chi connectivity index (χ0v) is 64.5. The molecule has 0 aliphatic heterocycles. The van der Waals surface area contributed by atoms with Gasteiger partial charge in [0.1, 0.15) is 19.3 Å². The predicted octanol–water partition coefficient (Wildman–Crippen LogP) is 22.7. The van der Waals surface area contributed by atoms with Crippen molar-refractivity contribution in [1.29, 1.82) is 0 Å². The van der Waals surface area contributed by atoms with Crippen molar-refractivity contribution in [2.45, 2.75) is 419 Å². The molecule has 96 heavy (non-hydrogen) atoms. The molecule has 0 aromatic carbocycles. The highest BCUT2D eigenvalue weighted by molar-refractivity contribution is 7.47. The zero-order valence-electron chi connectivity index (χ0n) is 62.7. The van der Waals surface area contributed by atoms with Crippen LogP contribution in [0.4, 0.5) is 0 Å². The number of carbonyl (C=O) groups excluding carboxylic acids is 4. The Hall–Kier alpha value is -1.94. The molecule has 0 saturated heterocycles. The van der Waals surface area contributed by atoms with Crippen molar-refractivity contribution in [1.82, 2.24) is 0 Å². The monoisotopic (exact) mass is 1410 g/mol. The van der Waals surface area contributed by atoms with Gasteiger partial charge in [-0.25, -0.2) is 9.13 Å². The molecule has 0 rings (SSSR count). The van der Waals surface area contributed by atoms with Crippen LogP contribution >= 0.6 is 15.6 Å². The van der Waals surface area contributed by atoms with E-state index in [0.29, 0.717) is 25.7 Å². The van der Waals surface area contributed by atoms with Crippen molar-refractivity contribution in [3.8, 4) is 0 Å². The summed E-state index contributed by atoms with van der Waals surface area (Å²) in [7, 11) is -9.91. The van der Waals surface area contributed by atoms with Crippen LogP contribution in [0.5, 0.6) is 0 Å². The standard InChI is InChI=1S/C77H150O17P2/c1-7-11-13-15-17-19-20-21-22-23-24-25-26-27-28-29-30-31-36-43-49-55-61-76(81)93-73(66-88-75(80)60-54-48-42-35-33-32-34-39-45-51-57-69(5)9-3)68-92-96(85,86)90-64-71(78)63-89-95(83,84)91-67-72(65-87-74(79)59-53-47-41-18-16-14-12-8-2)94-77(82)62-56-50-44-38-37-40-46-52-58-70(6)10-4/h69-73,78H,7-68H2,1-6H3,(H,83,84)(H,85,86)/t69?,70?,71-,72+,73+/m0/s1. The lowest BCUT2D eigenvalue weighted by Gasteiger charge is -2.21. The van der Waals surface area contributed by atoms with Crippen molar-refractivity contribution >= 4 is 39.5 Å². The number of esters is 4. The van der Waals surface area contributed by atoms with Gasteiger partial charge in [-0.3, -0.25) is 37.3 Å². The Kier molecular flexibility index (Phi) is 67.4. The summed E-state index contributed by atoms with van der Waals surface area (Å²) in [5.74, 6) is -0.541. The molecule has 0 spiro atoms. The number of carbonyl (C=O) groups is 4. The normalized spacial score (nSPS) is 14.6. The maximum absolute atomic E-state index is 13.1. The van der Waals surface area contributed by atoms with E-state index in [1.54, 1.807) is 0 Å². The highest BCUT2D eigenvalue weighted by atomic mass is 31.2. The third-order valence-electron chi connectivity index (χ3n) is 18.7. The Morgan fingerprint density at radius 2 is 0.500 bits per heavy atom. The van der Waals surface area contributed by atoms with Gasteiger partial charge in [-0.1, -0.05) is 350 Å². The molecule has 0 heterocycles. The van der Waals surface area contributed by atoms with Gasteiger partial charge < -0.3 is 33.8 Å². The summed E-state index contributed by atoms with van der Waals surface area (Å²) in [5.41, 5.74) is 0. The smallest absolute Gasteiger partial charge is 0.462 e. The predicted molar refractivity (Wildman–Crippen MR) is 391 cm³/mol. The number of rotatable bonds is 76. The topological polar surface area (TPSA) is 237 Å². The van der Waals surface area contributed by atoms with Crippen molar-refractivity contribution in [3.63, 3.8) is 0 Å². The summed E-state index contributed by atoms with van der Waals surface area (Å²) in [6.45, 7) is 9.59. The first-order chi connectivity index (χ1) is 46.4. The van der Waals surface area contributed by atoms with Gasteiger partial charge in [0.2, 0.25) is 0 Å². The van der Waals surface area contributed by atoms with Gasteiger partial charge in [-0.2, -0.15) is 0 Å². The quantitative estimate of drug-likeness (QED) is 0.0222. The van der Waals surface area contributed by atoms with Crippen LogP contribution < -0.4 is 0 Å². The van der Waals surface area contributed by atoms with Crippen LogP contribution in [-0.2, 0) is 65.4 Å². The molecule has 4 unspecified atom stereocenters. The van der Waals surface area contributed by atoms with Gasteiger partial charge in [0.05, 0.1) is 26.4 Å². The van der Waals surface area contributed by atoms with E-state index in [4.69, 9.17) is 37.0 Å². The number of phosphoric acid groups is 2. The maximum Gasteiger partial charge on any atom is 0.472 e. The Morgan fingerprint density at radius 1 is 0.292 bits per heavy atom. The number of aliphatic hydroxyl groups is 1. The molecule has 570 valence electrons. The van der Waals surface area contributed by atoms with Gasteiger partial charge >= 0.3 is 39.5 Å². The number of phosphoric ester groups is 2. The molecule has 19 heteroatoms. The van der Waals surface area contributed by atoms with Crippen LogP contribution in [-0.4, -0.2) is 96.7 Å². The largest absolute Gasteiger partial charge is 0.472 e. The highest BCUT2D eigenvalue weighted by Gasteiger charge is 2.30. The molecule has 17 nitrogen and oxygen atoms in total. The minimum absolute atomic E-state index is 0.105. The first-order valence-electron chi connectivity index (χ1n) is 40.1. The fourth-order valence-electron chi connectivity index (χ4n) is 11.8. The lowest BCUT2D eigenvalue weighted by Crippen LogP contribution is -2.30. The molecular weight excluding hydrogens is 1260 g/mol. The van der Waals surface area contributed by atoms with Crippen LogP contribution in [0, 0.1) is 11.8 Å². The second-order valence-electron chi connectivity index (χ2n) is 28.2. The van der Waals surface area contributed by atoms with Crippen molar-refractivity contribution in [2.75, 3.05) is 39.6 Å². The fraction of sp³-hybridized carbons (Fsp3) is 0.948. The number of ether oxygens (including phenoxy) is 4. The van der Waals surface area contributed by atoms with E-state index in [2.05, 4.69) is 41.5 Å². The molecule has 0 bridgehead atoms. The SMILES string of the molecule is CCCCCCCCCCCCCCCCCCCCCCCCC(=O)O[C@H](COC(=O)CCCCCCCCCCCCC(C)CC)COP(=O)(O)OC[C@@H](O)COP(=O)(O)OC[C@@H](COC(=O)CCCCCCCCCC)OC(=O)CCCCCCCCCCC(C)CC. The van der Waals surface area contributed by atoms with Crippen LogP contribution in [0.2, 0.25) is 0 Å². The van der Waals surface area contributed by atoms with E-state index in [1.165, 1.54) is 212 Å². The minimum atomic E-state index is -4.96. The molecule has 0 aliphatic rings. The Labute approximate surface area is 588 Å². The Morgan fingerprint density at radius 3 is 0.740 bits per heavy atom.